The summed E-state index contributed by atoms with van der Waals surface area (Å²) in [6, 6.07) is 8.95. The number of hydrogen-bond donors (Lipinski definition) is 1. The second-order valence-corrected chi connectivity index (χ2v) is 6.05. The van der Waals surface area contributed by atoms with E-state index in [2.05, 4.69) is 5.32 Å². The number of nitrogens with one attached hydrogen (secondary N) is 1. The lowest BCUT2D eigenvalue weighted by atomic mass is 10.1. The van der Waals surface area contributed by atoms with E-state index in [0.717, 1.165) is 18.6 Å². The lowest BCUT2D eigenvalue weighted by molar-refractivity contribution is -0.137. The molecule has 27 heavy (non-hydrogen) atoms. The minimum atomic E-state index is -4.53. The molecule has 1 heterocycles. The van der Waals surface area contributed by atoms with Crippen molar-refractivity contribution in [1.82, 2.24) is 0 Å². The number of fused-ring (bicyclic) bond motifs is 1. The summed E-state index contributed by atoms with van der Waals surface area (Å²) in [7, 11) is 0. The highest BCUT2D eigenvalue weighted by Gasteiger charge is 2.31. The van der Waals surface area contributed by atoms with Crippen LogP contribution in [0.2, 0.25) is 0 Å². The van der Waals surface area contributed by atoms with Crippen molar-refractivity contribution in [1.29, 1.82) is 0 Å². The fourth-order valence-corrected chi connectivity index (χ4v) is 2.79. The van der Waals surface area contributed by atoms with Crippen LogP contribution in [0.3, 0.4) is 0 Å². The summed E-state index contributed by atoms with van der Waals surface area (Å²) in [6.07, 6.45) is -3.79. The first kappa shape index (κ1) is 18.8. The Morgan fingerprint density at radius 3 is 2.70 bits per heavy atom. The second kappa shape index (κ2) is 7.30. The minimum Gasteiger partial charge on any atom is -0.482 e. The molecule has 5 nitrogen and oxygen atoms in total. The first-order valence-electron chi connectivity index (χ1n) is 8.35. The van der Waals surface area contributed by atoms with E-state index in [9.17, 15) is 22.8 Å². The van der Waals surface area contributed by atoms with Gasteiger partial charge in [-0.15, -0.1) is 0 Å². The van der Waals surface area contributed by atoms with Crippen molar-refractivity contribution in [2.75, 3.05) is 23.4 Å². The van der Waals surface area contributed by atoms with Crippen LogP contribution in [0, 0.1) is 0 Å². The summed E-state index contributed by atoms with van der Waals surface area (Å²) in [5.74, 6) is -0.350. The van der Waals surface area contributed by atoms with Crippen LogP contribution in [0.15, 0.2) is 42.5 Å². The lowest BCUT2D eigenvalue weighted by Crippen LogP contribution is -2.39. The van der Waals surface area contributed by atoms with Crippen molar-refractivity contribution in [2.24, 2.45) is 0 Å². The topological polar surface area (TPSA) is 58.6 Å². The smallest absolute Gasteiger partial charge is 0.416 e. The second-order valence-electron chi connectivity index (χ2n) is 6.05. The molecule has 0 aliphatic carbocycles. The van der Waals surface area contributed by atoms with E-state index < -0.39 is 17.6 Å². The van der Waals surface area contributed by atoms with Crippen molar-refractivity contribution in [2.45, 2.75) is 19.5 Å². The van der Waals surface area contributed by atoms with Crippen LogP contribution in [0.4, 0.5) is 24.5 Å². The molecule has 8 heteroatoms. The average Bonchev–Trinajstić information content (AvgIpc) is 2.63. The van der Waals surface area contributed by atoms with Crippen molar-refractivity contribution < 1.29 is 27.5 Å². The third-order valence-electron chi connectivity index (χ3n) is 4.06. The van der Waals surface area contributed by atoms with E-state index >= 15 is 0 Å². The van der Waals surface area contributed by atoms with E-state index in [1.165, 1.54) is 12.1 Å². The molecule has 0 fully saturated rings. The zero-order chi connectivity index (χ0) is 19.6. The number of ether oxygens (including phenoxy) is 1. The average molecular weight is 378 g/mol. The van der Waals surface area contributed by atoms with E-state index in [1.54, 1.807) is 23.1 Å². The summed E-state index contributed by atoms with van der Waals surface area (Å²) in [6.45, 7) is 2.38. The van der Waals surface area contributed by atoms with Gasteiger partial charge in [-0.05, 0) is 42.8 Å². The molecular formula is C19H17F3N2O3. The number of hydrogen-bond acceptors (Lipinski definition) is 3. The fourth-order valence-electron chi connectivity index (χ4n) is 2.79. The molecule has 2 aromatic carbocycles. The Labute approximate surface area is 153 Å². The molecular weight excluding hydrogens is 361 g/mol. The Morgan fingerprint density at radius 2 is 2.00 bits per heavy atom. The number of amides is 2. The standard InChI is InChI=1S/C19H17F3N2O3/c1-2-8-24-15-10-14(6-7-16(15)27-11-17(24)25)23-18(26)12-4-3-5-13(9-12)19(20,21)22/h3-7,9-10H,2,8,11H2,1H3,(H,23,26). The van der Waals surface area contributed by atoms with Gasteiger partial charge in [0, 0.05) is 17.8 Å². The number of carbonyl (C=O) groups excluding carboxylic acids is 2. The summed E-state index contributed by atoms with van der Waals surface area (Å²) < 4.78 is 43.8. The number of halogens is 3. The van der Waals surface area contributed by atoms with Gasteiger partial charge in [-0.1, -0.05) is 13.0 Å². The Kier molecular flexibility index (Phi) is 5.07. The van der Waals surface area contributed by atoms with Crippen LogP contribution in [0.1, 0.15) is 29.3 Å². The van der Waals surface area contributed by atoms with Gasteiger partial charge < -0.3 is 15.0 Å². The molecule has 2 amide bonds. The zero-order valence-corrected chi connectivity index (χ0v) is 14.5. The van der Waals surface area contributed by atoms with E-state index in [1.807, 2.05) is 6.92 Å². The van der Waals surface area contributed by atoms with Crippen molar-refractivity contribution in [3.05, 3.63) is 53.6 Å². The molecule has 0 unspecified atom stereocenters. The van der Waals surface area contributed by atoms with Crippen molar-refractivity contribution in [3.8, 4) is 5.75 Å². The molecule has 2 aromatic rings. The van der Waals surface area contributed by atoms with Crippen molar-refractivity contribution >= 4 is 23.2 Å². The molecule has 0 saturated heterocycles. The molecule has 3 rings (SSSR count). The van der Waals surface area contributed by atoms with E-state index in [-0.39, 0.29) is 18.1 Å². The highest BCUT2D eigenvalue weighted by molar-refractivity contribution is 6.05. The van der Waals surface area contributed by atoms with Gasteiger partial charge in [0.05, 0.1) is 11.3 Å². The molecule has 142 valence electrons. The Bertz CT molecular complexity index is 881. The van der Waals surface area contributed by atoms with Crippen LogP contribution >= 0.6 is 0 Å². The Hall–Kier alpha value is -3.03. The molecule has 0 radical (unpaired) electrons. The van der Waals surface area contributed by atoms with Crippen LogP contribution in [0.5, 0.6) is 5.75 Å². The van der Waals surface area contributed by atoms with Crippen LogP contribution in [0.25, 0.3) is 0 Å². The largest absolute Gasteiger partial charge is 0.482 e. The molecule has 1 aliphatic heterocycles. The third-order valence-corrected chi connectivity index (χ3v) is 4.06. The number of anilines is 2. The fraction of sp³-hybridized carbons (Fsp3) is 0.263. The van der Waals surface area contributed by atoms with Gasteiger partial charge in [0.25, 0.3) is 11.8 Å². The molecule has 0 atom stereocenters. The molecule has 1 N–H and O–H groups in total. The Balaban J connectivity index is 1.84. The Morgan fingerprint density at radius 1 is 1.22 bits per heavy atom. The first-order valence-corrected chi connectivity index (χ1v) is 8.35. The van der Waals surface area contributed by atoms with E-state index in [0.29, 0.717) is 23.7 Å². The number of benzene rings is 2. The molecule has 1 aliphatic rings. The van der Waals surface area contributed by atoms with Crippen molar-refractivity contribution in [3.63, 3.8) is 0 Å². The van der Waals surface area contributed by atoms with Gasteiger partial charge in [-0.2, -0.15) is 13.2 Å². The van der Waals surface area contributed by atoms with Gasteiger partial charge in [0.2, 0.25) is 0 Å². The zero-order valence-electron chi connectivity index (χ0n) is 14.5. The summed E-state index contributed by atoms with van der Waals surface area (Å²) in [5.41, 5.74) is -0.125. The molecule has 0 aromatic heterocycles. The maximum Gasteiger partial charge on any atom is 0.416 e. The highest BCUT2D eigenvalue weighted by atomic mass is 19.4. The highest BCUT2D eigenvalue weighted by Crippen LogP contribution is 2.35. The van der Waals surface area contributed by atoms with Crippen LogP contribution in [-0.2, 0) is 11.0 Å². The predicted molar refractivity (Wildman–Crippen MR) is 94.0 cm³/mol. The van der Waals surface area contributed by atoms with Gasteiger partial charge in [0.15, 0.2) is 6.61 Å². The number of alkyl halides is 3. The van der Waals surface area contributed by atoms with Gasteiger partial charge in [-0.25, -0.2) is 0 Å². The third kappa shape index (κ3) is 4.05. The molecule has 0 bridgehead atoms. The molecule has 0 saturated carbocycles. The SMILES string of the molecule is CCCN1C(=O)COc2ccc(NC(=O)c3cccc(C(F)(F)F)c3)cc21. The predicted octanol–water partition coefficient (Wildman–Crippen LogP) is 4.09. The van der Waals surface area contributed by atoms with Crippen LogP contribution < -0.4 is 15.0 Å². The van der Waals surface area contributed by atoms with Gasteiger partial charge in [-0.3, -0.25) is 9.59 Å². The lowest BCUT2D eigenvalue weighted by Gasteiger charge is -2.29. The normalized spacial score (nSPS) is 13.8. The van der Waals surface area contributed by atoms with Gasteiger partial charge >= 0.3 is 6.18 Å². The number of rotatable bonds is 4. The number of nitrogens with zero attached hydrogens (tertiary/aromatic N) is 1. The number of carbonyl (C=O) groups is 2. The first-order chi connectivity index (χ1) is 12.8. The quantitative estimate of drug-likeness (QED) is 0.872. The molecule has 0 spiro atoms. The van der Waals surface area contributed by atoms with E-state index in [4.69, 9.17) is 4.74 Å². The minimum absolute atomic E-state index is 0.0526. The summed E-state index contributed by atoms with van der Waals surface area (Å²) >= 11 is 0. The van der Waals surface area contributed by atoms with Crippen LogP contribution in [-0.4, -0.2) is 25.0 Å². The maximum absolute atomic E-state index is 12.8. The summed E-state index contributed by atoms with van der Waals surface area (Å²) in [4.78, 5) is 26.0. The maximum atomic E-state index is 12.8. The monoisotopic (exact) mass is 378 g/mol. The van der Waals surface area contributed by atoms with Gasteiger partial charge in [0.1, 0.15) is 5.75 Å². The summed E-state index contributed by atoms with van der Waals surface area (Å²) in [5, 5.41) is 2.56.